The predicted molar refractivity (Wildman–Crippen MR) is 136 cm³/mol. The van der Waals surface area contributed by atoms with E-state index in [0.29, 0.717) is 5.75 Å². The number of benzene rings is 1. The Balaban J connectivity index is 1.45. The summed E-state index contributed by atoms with van der Waals surface area (Å²) in [6, 6.07) is 10.5. The van der Waals surface area contributed by atoms with E-state index in [-0.39, 0.29) is 12.5 Å². The van der Waals surface area contributed by atoms with Gasteiger partial charge < -0.3 is 9.30 Å². The largest absolute Gasteiger partial charge is 0.484 e. The number of nitrogens with zero attached hydrogens (tertiary/aromatic N) is 3. The Labute approximate surface area is 204 Å². The minimum atomic E-state index is -0.317. The fourth-order valence-corrected chi connectivity index (χ4v) is 5.97. The second kappa shape index (κ2) is 10.3. The quantitative estimate of drug-likeness (QED) is 0.372. The van der Waals surface area contributed by atoms with Crippen molar-refractivity contribution in [2.45, 2.75) is 59.8 Å². The average molecular weight is 475 g/mol. The third-order valence-corrected chi connectivity index (χ3v) is 7.50. The van der Waals surface area contributed by atoms with Crippen molar-refractivity contribution in [3.05, 3.63) is 68.3 Å². The lowest BCUT2D eigenvalue weighted by atomic mass is 9.96. The lowest BCUT2D eigenvalue weighted by molar-refractivity contribution is -0.123. The molecule has 6 nitrogen and oxygen atoms in total. The number of aromatic nitrogens is 1. The molecule has 0 atom stereocenters. The van der Waals surface area contributed by atoms with E-state index >= 15 is 0 Å². The molecule has 4 rings (SSSR count). The lowest BCUT2D eigenvalue weighted by Gasteiger charge is -2.10. The first-order chi connectivity index (χ1) is 16.4. The van der Waals surface area contributed by atoms with Crippen molar-refractivity contribution in [2.24, 2.45) is 5.10 Å². The van der Waals surface area contributed by atoms with Crippen molar-refractivity contribution >= 4 is 23.5 Å². The third-order valence-electron chi connectivity index (χ3n) is 6.22. The maximum atomic E-state index is 12.2. The molecule has 0 saturated heterocycles. The lowest BCUT2D eigenvalue weighted by Crippen LogP contribution is -2.24. The van der Waals surface area contributed by atoms with Gasteiger partial charge in [-0.2, -0.15) is 10.4 Å². The minimum absolute atomic E-state index is 0.102. The molecular formula is C27H30N4O2S. The smallest absolute Gasteiger partial charge is 0.277 e. The Morgan fingerprint density at radius 3 is 2.79 bits per heavy atom. The minimum Gasteiger partial charge on any atom is -0.484 e. The Morgan fingerprint density at radius 2 is 2.03 bits per heavy atom. The van der Waals surface area contributed by atoms with Crippen LogP contribution >= 0.6 is 11.3 Å². The molecule has 0 radical (unpaired) electrons. The van der Waals surface area contributed by atoms with E-state index in [0.717, 1.165) is 58.8 Å². The number of aryl methyl sites for hydroxylation is 4. The second-order valence-electron chi connectivity index (χ2n) is 8.75. The van der Waals surface area contributed by atoms with Gasteiger partial charge in [-0.15, -0.1) is 11.3 Å². The maximum absolute atomic E-state index is 12.2. The van der Waals surface area contributed by atoms with Crippen LogP contribution in [0.2, 0.25) is 0 Å². The summed E-state index contributed by atoms with van der Waals surface area (Å²) in [5.74, 6) is 0.369. The van der Waals surface area contributed by atoms with Gasteiger partial charge in [0.05, 0.1) is 11.8 Å². The van der Waals surface area contributed by atoms with Crippen LogP contribution in [0.5, 0.6) is 5.75 Å². The average Bonchev–Trinajstić information content (AvgIpc) is 3.32. The van der Waals surface area contributed by atoms with Crippen molar-refractivity contribution in [3.63, 3.8) is 0 Å². The number of hydrogen-bond donors (Lipinski definition) is 1. The maximum Gasteiger partial charge on any atom is 0.277 e. The van der Waals surface area contributed by atoms with Gasteiger partial charge in [0.15, 0.2) is 6.61 Å². The van der Waals surface area contributed by atoms with Crippen LogP contribution in [0.15, 0.2) is 29.4 Å². The number of nitrogens with one attached hydrogen (secondary N) is 1. The van der Waals surface area contributed by atoms with Crippen LogP contribution in [0.25, 0.3) is 5.00 Å². The first kappa shape index (κ1) is 23.8. The third kappa shape index (κ3) is 4.92. The number of carbonyl (C=O) groups is 1. The SMILES string of the molecule is CCc1cc(C)cc(OCC(=O)N/N=C\c2cc(C)n(-c3sc4c(c3C#N)CCCC4)c2C)c1. The van der Waals surface area contributed by atoms with Crippen LogP contribution in [0, 0.1) is 32.1 Å². The molecule has 1 aromatic carbocycles. The summed E-state index contributed by atoms with van der Waals surface area (Å²) in [6.45, 7) is 8.04. The Bertz CT molecular complexity index is 1290. The van der Waals surface area contributed by atoms with Crippen LogP contribution in [0.3, 0.4) is 0 Å². The highest BCUT2D eigenvalue weighted by atomic mass is 32.1. The number of carbonyl (C=O) groups excluding carboxylic acids is 1. The molecule has 7 heteroatoms. The normalized spacial score (nSPS) is 13.0. The first-order valence-electron chi connectivity index (χ1n) is 11.7. The molecule has 0 saturated carbocycles. The molecule has 0 aliphatic heterocycles. The molecule has 0 bridgehead atoms. The first-order valence-corrected chi connectivity index (χ1v) is 12.5. The van der Waals surface area contributed by atoms with Crippen molar-refractivity contribution in [1.29, 1.82) is 5.26 Å². The zero-order chi connectivity index (χ0) is 24.2. The van der Waals surface area contributed by atoms with Crippen molar-refractivity contribution in [1.82, 2.24) is 9.99 Å². The van der Waals surface area contributed by atoms with Gasteiger partial charge >= 0.3 is 0 Å². The topological polar surface area (TPSA) is 79.4 Å². The molecule has 0 spiro atoms. The Hall–Kier alpha value is -3.37. The molecular weight excluding hydrogens is 444 g/mol. The summed E-state index contributed by atoms with van der Waals surface area (Å²) in [6.07, 6.45) is 6.94. The molecule has 0 unspecified atom stereocenters. The molecule has 1 aliphatic rings. The van der Waals surface area contributed by atoms with Crippen molar-refractivity contribution in [2.75, 3.05) is 6.61 Å². The van der Waals surface area contributed by atoms with Gasteiger partial charge in [-0.3, -0.25) is 4.79 Å². The molecule has 176 valence electrons. The van der Waals surface area contributed by atoms with Crippen molar-refractivity contribution in [3.8, 4) is 16.8 Å². The number of nitriles is 1. The Morgan fingerprint density at radius 1 is 1.24 bits per heavy atom. The second-order valence-corrected chi connectivity index (χ2v) is 9.84. The standard InChI is InChI=1S/C27H30N4O2S/c1-5-20-10-17(2)11-22(13-20)33-16-26(32)30-29-15-21-12-18(3)31(19(21)4)27-24(14-28)23-8-6-7-9-25(23)34-27/h10-13,15H,5-9,16H2,1-4H3,(H,30,32)/b29-15-. The van der Waals surface area contributed by atoms with Gasteiger partial charge in [-0.1, -0.05) is 13.0 Å². The molecule has 2 aromatic heterocycles. The van der Waals surface area contributed by atoms with Gasteiger partial charge in [0, 0.05) is 21.8 Å². The van der Waals surface area contributed by atoms with Crippen molar-refractivity contribution < 1.29 is 9.53 Å². The fraction of sp³-hybridized carbons (Fsp3) is 0.370. The predicted octanol–water partition coefficient (Wildman–Crippen LogP) is 5.31. The zero-order valence-corrected chi connectivity index (χ0v) is 21.0. The number of amides is 1. The van der Waals surface area contributed by atoms with E-state index in [1.165, 1.54) is 22.4 Å². The van der Waals surface area contributed by atoms with E-state index in [2.05, 4.69) is 34.2 Å². The van der Waals surface area contributed by atoms with E-state index in [1.54, 1.807) is 17.6 Å². The van der Waals surface area contributed by atoms with E-state index in [9.17, 15) is 10.1 Å². The molecule has 34 heavy (non-hydrogen) atoms. The summed E-state index contributed by atoms with van der Waals surface area (Å²) in [5.41, 5.74) is 9.79. The summed E-state index contributed by atoms with van der Waals surface area (Å²) in [7, 11) is 0. The molecule has 1 aliphatic carbocycles. The van der Waals surface area contributed by atoms with E-state index in [4.69, 9.17) is 4.74 Å². The monoisotopic (exact) mass is 474 g/mol. The number of ether oxygens (including phenoxy) is 1. The van der Waals surface area contributed by atoms with Gasteiger partial charge in [-0.05, 0) is 87.8 Å². The molecule has 2 heterocycles. The number of hydrazone groups is 1. The van der Waals surface area contributed by atoms with Crippen LogP contribution < -0.4 is 10.2 Å². The van der Waals surface area contributed by atoms with Crippen LogP contribution in [0.4, 0.5) is 0 Å². The van der Waals surface area contributed by atoms with Crippen LogP contribution in [-0.2, 0) is 24.1 Å². The van der Waals surface area contributed by atoms with Gasteiger partial charge in [-0.25, -0.2) is 5.43 Å². The van der Waals surface area contributed by atoms with Gasteiger partial charge in [0.25, 0.3) is 5.91 Å². The zero-order valence-electron chi connectivity index (χ0n) is 20.2. The van der Waals surface area contributed by atoms with E-state index in [1.807, 2.05) is 39.0 Å². The molecule has 1 N–H and O–H groups in total. The molecule has 1 amide bonds. The molecule has 3 aromatic rings. The van der Waals surface area contributed by atoms with Gasteiger partial charge in [0.2, 0.25) is 0 Å². The number of rotatable bonds is 7. The highest BCUT2D eigenvalue weighted by Gasteiger charge is 2.23. The number of fused-ring (bicyclic) bond motifs is 1. The summed E-state index contributed by atoms with van der Waals surface area (Å²) < 4.78 is 7.78. The molecule has 0 fully saturated rings. The Kier molecular flexibility index (Phi) is 7.18. The summed E-state index contributed by atoms with van der Waals surface area (Å²) >= 11 is 1.73. The number of hydrogen-bond acceptors (Lipinski definition) is 5. The van der Waals surface area contributed by atoms with E-state index < -0.39 is 0 Å². The van der Waals surface area contributed by atoms with Crippen LogP contribution in [-0.4, -0.2) is 23.3 Å². The van der Waals surface area contributed by atoms with Gasteiger partial charge in [0.1, 0.15) is 16.8 Å². The van der Waals surface area contributed by atoms with Crippen LogP contribution in [0.1, 0.15) is 63.8 Å². The summed E-state index contributed by atoms with van der Waals surface area (Å²) in [5, 5.41) is 15.0. The summed E-state index contributed by atoms with van der Waals surface area (Å²) in [4.78, 5) is 13.6. The highest BCUT2D eigenvalue weighted by molar-refractivity contribution is 7.15. The number of thiophene rings is 1. The fourth-order valence-electron chi connectivity index (χ4n) is 4.52. The highest BCUT2D eigenvalue weighted by Crippen LogP contribution is 2.38.